The van der Waals surface area contributed by atoms with Crippen LogP contribution in [-0.4, -0.2) is 28.6 Å². The van der Waals surface area contributed by atoms with Crippen molar-refractivity contribution in [3.8, 4) is 11.3 Å². The van der Waals surface area contributed by atoms with Gasteiger partial charge in [-0.25, -0.2) is 0 Å². The molecule has 1 N–H and O–H groups in total. The largest absolute Gasteiger partial charge is 0.481 e. The molecule has 0 saturated carbocycles. The second-order valence-electron chi connectivity index (χ2n) is 6.07. The lowest BCUT2D eigenvalue weighted by Crippen LogP contribution is -2.45. The maximum absolute atomic E-state index is 11.3. The molecule has 2 heterocycles. The van der Waals surface area contributed by atoms with E-state index in [4.69, 9.17) is 4.42 Å². The third-order valence-corrected chi connectivity index (χ3v) is 5.11. The highest BCUT2D eigenvalue weighted by molar-refractivity contribution is 9.10. The summed E-state index contributed by atoms with van der Waals surface area (Å²) < 4.78 is 6.99. The van der Waals surface area contributed by atoms with Gasteiger partial charge in [-0.3, -0.25) is 9.69 Å². The van der Waals surface area contributed by atoms with Crippen molar-refractivity contribution in [3.05, 3.63) is 46.6 Å². The monoisotopic (exact) mass is 377 g/mol. The van der Waals surface area contributed by atoms with Gasteiger partial charge < -0.3 is 9.52 Å². The Kier molecular flexibility index (Phi) is 4.87. The Balaban J connectivity index is 1.71. The molecule has 0 radical (unpaired) electrons. The molecule has 3 rings (SSSR count). The summed E-state index contributed by atoms with van der Waals surface area (Å²) in [6.45, 7) is 3.57. The molecule has 1 saturated heterocycles. The average Bonchev–Trinajstić information content (AvgIpc) is 2.98. The average molecular weight is 378 g/mol. The molecule has 2 atom stereocenters. The van der Waals surface area contributed by atoms with Crippen molar-refractivity contribution in [2.24, 2.45) is 5.92 Å². The number of carboxylic acids is 1. The number of piperidine rings is 1. The topological polar surface area (TPSA) is 53.7 Å². The summed E-state index contributed by atoms with van der Waals surface area (Å²) in [6.07, 6.45) is 1.68. The van der Waals surface area contributed by atoms with Gasteiger partial charge >= 0.3 is 5.97 Å². The van der Waals surface area contributed by atoms with E-state index in [-0.39, 0.29) is 12.0 Å². The fraction of sp³-hybridized carbons (Fsp3) is 0.389. The van der Waals surface area contributed by atoms with Crippen molar-refractivity contribution < 1.29 is 14.3 Å². The normalized spacial score (nSPS) is 22.2. The quantitative estimate of drug-likeness (QED) is 0.857. The van der Waals surface area contributed by atoms with Gasteiger partial charge in [-0.2, -0.15) is 0 Å². The molecule has 0 bridgehead atoms. The Bertz CT molecular complexity index is 680. The van der Waals surface area contributed by atoms with Gasteiger partial charge in [0.05, 0.1) is 12.5 Å². The number of benzene rings is 1. The molecule has 0 aliphatic carbocycles. The molecule has 0 spiro atoms. The molecule has 1 aromatic carbocycles. The number of halogens is 1. The number of hydrogen-bond donors (Lipinski definition) is 1. The number of hydrogen-bond acceptors (Lipinski definition) is 3. The van der Waals surface area contributed by atoms with E-state index < -0.39 is 5.97 Å². The van der Waals surface area contributed by atoms with E-state index in [0.29, 0.717) is 6.54 Å². The highest BCUT2D eigenvalue weighted by Gasteiger charge is 2.33. The lowest BCUT2D eigenvalue weighted by molar-refractivity contribution is -0.145. The van der Waals surface area contributed by atoms with Crippen molar-refractivity contribution in [1.29, 1.82) is 0 Å². The van der Waals surface area contributed by atoms with Gasteiger partial charge in [-0.05, 0) is 50.6 Å². The molecule has 0 amide bonds. The third-order valence-electron chi connectivity index (χ3n) is 4.59. The van der Waals surface area contributed by atoms with E-state index in [1.807, 2.05) is 43.3 Å². The fourth-order valence-corrected chi connectivity index (χ4v) is 3.46. The van der Waals surface area contributed by atoms with E-state index in [1.165, 1.54) is 0 Å². The highest BCUT2D eigenvalue weighted by Crippen LogP contribution is 2.28. The standard InChI is InChI=1S/C18H20BrNO3/c1-12-16(18(21)22)3-2-10-20(12)11-15-8-9-17(23-15)13-4-6-14(19)7-5-13/h4-9,12,16H,2-3,10-11H2,1H3,(H,21,22)/t12-,16-/m1/s1. The lowest BCUT2D eigenvalue weighted by Gasteiger charge is -2.36. The van der Waals surface area contributed by atoms with Gasteiger partial charge in [0.25, 0.3) is 0 Å². The second kappa shape index (κ2) is 6.89. The molecular weight excluding hydrogens is 358 g/mol. The van der Waals surface area contributed by atoms with Crippen molar-refractivity contribution >= 4 is 21.9 Å². The number of furan rings is 1. The first kappa shape index (κ1) is 16.3. The van der Waals surface area contributed by atoms with E-state index >= 15 is 0 Å². The summed E-state index contributed by atoms with van der Waals surface area (Å²) >= 11 is 3.43. The van der Waals surface area contributed by atoms with Crippen molar-refractivity contribution in [1.82, 2.24) is 4.90 Å². The smallest absolute Gasteiger partial charge is 0.308 e. The first-order valence-corrected chi connectivity index (χ1v) is 8.65. The first-order chi connectivity index (χ1) is 11.0. The van der Waals surface area contributed by atoms with Crippen LogP contribution in [0, 0.1) is 5.92 Å². The summed E-state index contributed by atoms with van der Waals surface area (Å²) in [5.41, 5.74) is 1.04. The van der Waals surface area contributed by atoms with E-state index in [2.05, 4.69) is 20.8 Å². The van der Waals surface area contributed by atoms with Crippen LogP contribution in [0.4, 0.5) is 0 Å². The van der Waals surface area contributed by atoms with Crippen molar-refractivity contribution in [2.75, 3.05) is 6.54 Å². The van der Waals surface area contributed by atoms with E-state index in [1.54, 1.807) is 0 Å². The van der Waals surface area contributed by atoms with E-state index in [0.717, 1.165) is 40.9 Å². The number of carboxylic acid groups (broad SMARTS) is 1. The molecule has 0 unspecified atom stereocenters. The van der Waals surface area contributed by atoms with Crippen LogP contribution in [0.3, 0.4) is 0 Å². The Hall–Kier alpha value is -1.59. The molecule has 1 fully saturated rings. The van der Waals surface area contributed by atoms with Crippen LogP contribution in [0.25, 0.3) is 11.3 Å². The van der Waals surface area contributed by atoms with Crippen LogP contribution < -0.4 is 0 Å². The zero-order chi connectivity index (χ0) is 16.4. The summed E-state index contributed by atoms with van der Waals surface area (Å²) in [7, 11) is 0. The minimum Gasteiger partial charge on any atom is -0.481 e. The number of aliphatic carboxylic acids is 1. The van der Waals surface area contributed by atoms with Crippen LogP contribution >= 0.6 is 15.9 Å². The predicted octanol–water partition coefficient (Wildman–Crippen LogP) is 4.39. The summed E-state index contributed by atoms with van der Waals surface area (Å²) in [6, 6.07) is 12.0. The number of likely N-dealkylation sites (tertiary alicyclic amines) is 1. The summed E-state index contributed by atoms with van der Waals surface area (Å²) in [5.74, 6) is 0.731. The fourth-order valence-electron chi connectivity index (χ4n) is 3.20. The van der Waals surface area contributed by atoms with Gasteiger partial charge in [-0.1, -0.05) is 28.1 Å². The van der Waals surface area contributed by atoms with Crippen LogP contribution in [-0.2, 0) is 11.3 Å². The van der Waals surface area contributed by atoms with Crippen LogP contribution in [0.5, 0.6) is 0 Å². The van der Waals surface area contributed by atoms with Crippen molar-refractivity contribution in [3.63, 3.8) is 0 Å². The van der Waals surface area contributed by atoms with Gasteiger partial charge in [0.1, 0.15) is 11.5 Å². The Morgan fingerprint density at radius 3 is 2.74 bits per heavy atom. The Labute approximate surface area is 144 Å². The zero-order valence-electron chi connectivity index (χ0n) is 13.0. The van der Waals surface area contributed by atoms with Gasteiger partial charge in [-0.15, -0.1) is 0 Å². The number of nitrogens with zero attached hydrogens (tertiary/aromatic N) is 1. The molecule has 1 aliphatic rings. The van der Waals surface area contributed by atoms with Crippen LogP contribution in [0.1, 0.15) is 25.5 Å². The summed E-state index contributed by atoms with van der Waals surface area (Å²) in [5, 5.41) is 9.31. The van der Waals surface area contributed by atoms with Crippen molar-refractivity contribution in [2.45, 2.75) is 32.4 Å². The second-order valence-corrected chi connectivity index (χ2v) is 6.99. The van der Waals surface area contributed by atoms with Gasteiger partial charge in [0.2, 0.25) is 0 Å². The molecule has 5 heteroatoms. The maximum Gasteiger partial charge on any atom is 0.308 e. The Morgan fingerprint density at radius 2 is 2.04 bits per heavy atom. The van der Waals surface area contributed by atoms with E-state index in [9.17, 15) is 9.90 Å². The lowest BCUT2D eigenvalue weighted by atomic mass is 9.90. The summed E-state index contributed by atoms with van der Waals surface area (Å²) in [4.78, 5) is 13.5. The third kappa shape index (κ3) is 3.67. The molecule has 1 aromatic heterocycles. The molecule has 2 aromatic rings. The number of rotatable bonds is 4. The van der Waals surface area contributed by atoms with Crippen LogP contribution in [0.2, 0.25) is 0 Å². The molecule has 23 heavy (non-hydrogen) atoms. The SMILES string of the molecule is C[C@@H]1[C@H](C(=O)O)CCCN1Cc1ccc(-c2ccc(Br)cc2)o1. The molecular formula is C18H20BrNO3. The first-order valence-electron chi connectivity index (χ1n) is 7.86. The molecule has 1 aliphatic heterocycles. The van der Waals surface area contributed by atoms with Gasteiger partial charge in [0.15, 0.2) is 0 Å². The zero-order valence-corrected chi connectivity index (χ0v) is 14.6. The maximum atomic E-state index is 11.3. The molecule has 4 nitrogen and oxygen atoms in total. The van der Waals surface area contributed by atoms with Gasteiger partial charge in [0, 0.05) is 16.1 Å². The highest BCUT2D eigenvalue weighted by atomic mass is 79.9. The molecule has 122 valence electrons. The minimum absolute atomic E-state index is 0.0301. The Morgan fingerprint density at radius 1 is 1.30 bits per heavy atom. The minimum atomic E-state index is -0.697. The predicted molar refractivity (Wildman–Crippen MR) is 92.1 cm³/mol. The number of carbonyl (C=O) groups is 1. The van der Waals surface area contributed by atoms with Crippen LogP contribution in [0.15, 0.2) is 45.3 Å².